The number of aromatic nitrogens is 5. The number of nitrogen functional groups attached to an aromatic ring is 1. The van der Waals surface area contributed by atoms with Gasteiger partial charge in [-0.1, -0.05) is 6.42 Å². The van der Waals surface area contributed by atoms with Crippen LogP contribution in [0.15, 0.2) is 24.9 Å². The lowest BCUT2D eigenvalue weighted by Crippen LogP contribution is -2.12. The van der Waals surface area contributed by atoms with Crippen LogP contribution >= 0.6 is 0 Å². The molecule has 0 radical (unpaired) electrons. The van der Waals surface area contributed by atoms with E-state index in [1.54, 1.807) is 18.7 Å². The zero-order chi connectivity index (χ0) is 15.1. The summed E-state index contributed by atoms with van der Waals surface area (Å²) < 4.78 is 3.92. The van der Waals surface area contributed by atoms with Crippen molar-refractivity contribution in [3.05, 3.63) is 42.1 Å². The second-order valence-corrected chi connectivity index (χ2v) is 5.62. The molecule has 1 fully saturated rings. The Hall–Kier alpha value is -2.81. The van der Waals surface area contributed by atoms with Crippen LogP contribution in [0.1, 0.15) is 42.4 Å². The van der Waals surface area contributed by atoms with Crippen molar-refractivity contribution in [2.45, 2.75) is 25.2 Å². The normalized spacial score (nSPS) is 14.6. The van der Waals surface area contributed by atoms with E-state index in [0.717, 1.165) is 17.0 Å². The largest absolute Gasteiger partial charge is 0.382 e. The third-order valence-electron chi connectivity index (χ3n) is 4.21. The molecule has 0 atom stereocenters. The molecule has 1 aliphatic carbocycles. The van der Waals surface area contributed by atoms with Crippen LogP contribution in [0.2, 0.25) is 0 Å². The van der Waals surface area contributed by atoms with Crippen LogP contribution in [0.4, 0.5) is 5.82 Å². The summed E-state index contributed by atoms with van der Waals surface area (Å²) in [4.78, 5) is 13.0. The Balaban J connectivity index is 1.87. The van der Waals surface area contributed by atoms with Gasteiger partial charge in [-0.15, -0.1) is 0 Å². The monoisotopic (exact) mass is 292 g/mol. The number of hydrogen-bond acceptors (Lipinski definition) is 4. The van der Waals surface area contributed by atoms with E-state index < -0.39 is 0 Å². The SMILES string of the molecule is Cn1cncc1C#Cc1nc(C2CCC2)n2ccnc(N)c12. The maximum atomic E-state index is 6.05. The fraction of sp³-hybridized carbons (Fsp3) is 0.312. The number of aryl methyl sites for hydroxylation is 1. The maximum Gasteiger partial charge on any atom is 0.150 e. The summed E-state index contributed by atoms with van der Waals surface area (Å²) in [6.07, 6.45) is 10.7. The van der Waals surface area contributed by atoms with Crippen molar-refractivity contribution in [1.29, 1.82) is 0 Å². The number of hydrogen-bond donors (Lipinski definition) is 1. The first-order chi connectivity index (χ1) is 10.7. The molecule has 0 aromatic carbocycles. The number of rotatable bonds is 1. The Morgan fingerprint density at radius 1 is 1.32 bits per heavy atom. The van der Waals surface area contributed by atoms with Crippen LogP contribution in [0.5, 0.6) is 0 Å². The summed E-state index contributed by atoms with van der Waals surface area (Å²) in [5.74, 6) is 8.26. The first kappa shape index (κ1) is 12.9. The van der Waals surface area contributed by atoms with Gasteiger partial charge in [0.2, 0.25) is 0 Å². The predicted octanol–water partition coefficient (Wildman–Crippen LogP) is 1.71. The second kappa shape index (κ2) is 4.88. The molecule has 3 heterocycles. The van der Waals surface area contributed by atoms with Crippen LogP contribution in [0.3, 0.4) is 0 Å². The average molecular weight is 292 g/mol. The van der Waals surface area contributed by atoms with E-state index in [-0.39, 0.29) is 0 Å². The summed E-state index contributed by atoms with van der Waals surface area (Å²) in [5.41, 5.74) is 8.39. The lowest BCUT2D eigenvalue weighted by atomic mass is 9.85. The highest BCUT2D eigenvalue weighted by Crippen LogP contribution is 2.36. The number of nitrogens with zero attached hydrogens (tertiary/aromatic N) is 5. The minimum Gasteiger partial charge on any atom is -0.382 e. The number of imidazole rings is 2. The number of anilines is 1. The molecule has 6 nitrogen and oxygen atoms in total. The Bertz CT molecular complexity index is 904. The molecule has 6 heteroatoms. The molecule has 3 aromatic heterocycles. The Morgan fingerprint density at radius 2 is 2.18 bits per heavy atom. The topological polar surface area (TPSA) is 74.0 Å². The third kappa shape index (κ3) is 1.94. The van der Waals surface area contributed by atoms with Crippen molar-refractivity contribution in [2.24, 2.45) is 7.05 Å². The lowest BCUT2D eigenvalue weighted by Gasteiger charge is -2.23. The highest BCUT2D eigenvalue weighted by atomic mass is 15.1. The molecule has 4 rings (SSSR count). The number of fused-ring (bicyclic) bond motifs is 1. The molecular formula is C16H16N6. The van der Waals surface area contributed by atoms with Crippen LogP contribution in [0.25, 0.3) is 5.52 Å². The highest BCUT2D eigenvalue weighted by molar-refractivity contribution is 5.73. The van der Waals surface area contributed by atoms with Gasteiger partial charge in [-0.05, 0) is 24.7 Å². The van der Waals surface area contributed by atoms with E-state index in [2.05, 4.69) is 21.8 Å². The molecule has 0 unspecified atom stereocenters. The highest BCUT2D eigenvalue weighted by Gasteiger charge is 2.25. The molecule has 0 spiro atoms. The molecule has 1 saturated carbocycles. The van der Waals surface area contributed by atoms with E-state index in [9.17, 15) is 0 Å². The first-order valence-electron chi connectivity index (χ1n) is 7.35. The summed E-state index contributed by atoms with van der Waals surface area (Å²) in [6, 6.07) is 0. The van der Waals surface area contributed by atoms with E-state index in [4.69, 9.17) is 10.7 Å². The van der Waals surface area contributed by atoms with E-state index in [1.807, 2.05) is 22.2 Å². The molecular weight excluding hydrogens is 276 g/mol. The van der Waals surface area contributed by atoms with Gasteiger partial charge in [0.15, 0.2) is 5.82 Å². The van der Waals surface area contributed by atoms with Gasteiger partial charge in [0.05, 0.1) is 12.5 Å². The fourth-order valence-corrected chi connectivity index (χ4v) is 2.73. The van der Waals surface area contributed by atoms with Crippen LogP contribution in [0, 0.1) is 11.8 Å². The molecule has 0 aliphatic heterocycles. The fourth-order valence-electron chi connectivity index (χ4n) is 2.73. The zero-order valence-corrected chi connectivity index (χ0v) is 12.3. The second-order valence-electron chi connectivity index (χ2n) is 5.62. The van der Waals surface area contributed by atoms with Crippen molar-refractivity contribution in [1.82, 2.24) is 23.9 Å². The smallest absolute Gasteiger partial charge is 0.150 e. The average Bonchev–Trinajstić information content (AvgIpc) is 3.00. The van der Waals surface area contributed by atoms with E-state index in [1.165, 1.54) is 19.3 Å². The summed E-state index contributed by atoms with van der Waals surface area (Å²) in [5, 5.41) is 0. The van der Waals surface area contributed by atoms with Crippen molar-refractivity contribution in [3.63, 3.8) is 0 Å². The van der Waals surface area contributed by atoms with Crippen molar-refractivity contribution in [2.75, 3.05) is 5.73 Å². The quantitative estimate of drug-likeness (QED) is 0.693. The van der Waals surface area contributed by atoms with Crippen LogP contribution in [-0.2, 0) is 7.05 Å². The molecule has 1 aliphatic rings. The summed E-state index contributed by atoms with van der Waals surface area (Å²) in [7, 11) is 1.91. The molecule has 3 aromatic rings. The zero-order valence-electron chi connectivity index (χ0n) is 12.3. The van der Waals surface area contributed by atoms with Crippen LogP contribution < -0.4 is 5.73 Å². The van der Waals surface area contributed by atoms with Gasteiger partial charge in [-0.2, -0.15) is 0 Å². The van der Waals surface area contributed by atoms with Crippen LogP contribution in [-0.4, -0.2) is 23.9 Å². The van der Waals surface area contributed by atoms with Crippen molar-refractivity contribution >= 4 is 11.3 Å². The standard InChI is InChI=1S/C16H16N6/c1-21-10-18-9-12(21)5-6-13-14-15(17)19-7-8-22(14)16(20-13)11-3-2-4-11/h7-11H,2-4H2,1H3,(H2,17,19). The van der Waals surface area contributed by atoms with Gasteiger partial charge >= 0.3 is 0 Å². The molecule has 0 amide bonds. The number of nitrogens with two attached hydrogens (primary N) is 1. The molecule has 110 valence electrons. The summed E-state index contributed by atoms with van der Waals surface area (Å²) in [6.45, 7) is 0. The lowest BCUT2D eigenvalue weighted by molar-refractivity contribution is 0.400. The van der Waals surface area contributed by atoms with Gasteiger partial charge in [-0.25, -0.2) is 15.0 Å². The first-order valence-corrected chi connectivity index (χ1v) is 7.35. The Labute approximate surface area is 128 Å². The van der Waals surface area contributed by atoms with E-state index >= 15 is 0 Å². The van der Waals surface area contributed by atoms with Gasteiger partial charge in [0.1, 0.15) is 22.7 Å². The Kier molecular flexibility index (Phi) is 2.86. The molecule has 2 N–H and O–H groups in total. The van der Waals surface area contributed by atoms with Gasteiger partial charge < -0.3 is 10.3 Å². The minimum absolute atomic E-state index is 0.467. The minimum atomic E-state index is 0.467. The van der Waals surface area contributed by atoms with E-state index in [0.29, 0.717) is 17.4 Å². The van der Waals surface area contributed by atoms with Gasteiger partial charge in [-0.3, -0.25) is 4.40 Å². The third-order valence-corrected chi connectivity index (χ3v) is 4.21. The van der Waals surface area contributed by atoms with Crippen molar-refractivity contribution in [3.8, 4) is 11.8 Å². The maximum absolute atomic E-state index is 6.05. The molecule has 0 saturated heterocycles. The molecule has 22 heavy (non-hydrogen) atoms. The van der Waals surface area contributed by atoms with Gasteiger partial charge in [0, 0.05) is 25.4 Å². The predicted molar refractivity (Wildman–Crippen MR) is 83.2 cm³/mol. The van der Waals surface area contributed by atoms with Crippen molar-refractivity contribution < 1.29 is 0 Å². The Morgan fingerprint density at radius 3 is 2.86 bits per heavy atom. The molecule has 0 bridgehead atoms. The van der Waals surface area contributed by atoms with Gasteiger partial charge in [0.25, 0.3) is 0 Å². The summed E-state index contributed by atoms with van der Waals surface area (Å²) >= 11 is 0.